The van der Waals surface area contributed by atoms with Crippen molar-refractivity contribution >= 4 is 78.8 Å². The van der Waals surface area contributed by atoms with Crippen molar-refractivity contribution in [2.75, 3.05) is 23.9 Å². The summed E-state index contributed by atoms with van der Waals surface area (Å²) in [6.07, 6.45) is 0.712. The van der Waals surface area contributed by atoms with Crippen molar-refractivity contribution < 1.29 is 14.3 Å². The van der Waals surface area contributed by atoms with Crippen molar-refractivity contribution in [1.82, 2.24) is 4.98 Å². The molecule has 3 aromatic carbocycles. The van der Waals surface area contributed by atoms with E-state index in [0.29, 0.717) is 45.0 Å². The second kappa shape index (κ2) is 12.3. The number of hydrogen-bond acceptors (Lipinski definition) is 8. The number of nitrogens with zero attached hydrogens (tertiary/aromatic N) is 4. The van der Waals surface area contributed by atoms with Crippen molar-refractivity contribution in [3.63, 3.8) is 0 Å². The van der Waals surface area contributed by atoms with E-state index in [1.807, 2.05) is 41.3 Å². The van der Waals surface area contributed by atoms with Gasteiger partial charge in [0.05, 0.1) is 33.1 Å². The molecule has 1 aromatic heterocycles. The van der Waals surface area contributed by atoms with Crippen LogP contribution in [0.4, 0.5) is 22.2 Å². The maximum atomic E-state index is 12.5. The maximum absolute atomic E-state index is 12.5. The molecule has 0 radical (unpaired) electrons. The van der Waals surface area contributed by atoms with Crippen LogP contribution < -0.4 is 10.2 Å². The van der Waals surface area contributed by atoms with Crippen molar-refractivity contribution in [3.05, 3.63) is 76.3 Å². The third-order valence-electron chi connectivity index (χ3n) is 5.80. The Morgan fingerprint density at radius 2 is 1.87 bits per heavy atom. The molecular weight excluding hydrogens is 545 g/mol. The first-order valence-electron chi connectivity index (χ1n) is 11.7. The van der Waals surface area contributed by atoms with Gasteiger partial charge in [0.2, 0.25) is 11.0 Å². The summed E-state index contributed by atoms with van der Waals surface area (Å²) in [6.45, 7) is 3.75. The van der Waals surface area contributed by atoms with E-state index in [1.165, 1.54) is 25.4 Å². The van der Waals surface area contributed by atoms with Gasteiger partial charge in [-0.3, -0.25) is 4.79 Å². The highest BCUT2D eigenvalue weighted by atomic mass is 35.5. The lowest BCUT2D eigenvalue weighted by molar-refractivity contribution is -0.141. The number of hydrogen-bond donors (Lipinski definition) is 1. The van der Waals surface area contributed by atoms with E-state index in [2.05, 4.69) is 20.5 Å². The van der Waals surface area contributed by atoms with E-state index < -0.39 is 6.04 Å². The van der Waals surface area contributed by atoms with Crippen LogP contribution in [0.3, 0.4) is 0 Å². The van der Waals surface area contributed by atoms with Crippen LogP contribution in [0.5, 0.6) is 0 Å². The first-order chi connectivity index (χ1) is 18.3. The molecule has 1 amide bonds. The molecule has 0 fully saturated rings. The lowest BCUT2D eigenvalue weighted by Gasteiger charge is -2.30. The number of aromatic nitrogens is 1. The topological polar surface area (TPSA) is 96.2 Å². The van der Waals surface area contributed by atoms with Gasteiger partial charge in [0, 0.05) is 19.2 Å². The van der Waals surface area contributed by atoms with Gasteiger partial charge in [0.1, 0.15) is 11.7 Å². The van der Waals surface area contributed by atoms with Crippen LogP contribution in [-0.2, 0) is 20.7 Å². The van der Waals surface area contributed by atoms with Gasteiger partial charge in [-0.2, -0.15) is 0 Å². The van der Waals surface area contributed by atoms with E-state index in [4.69, 9.17) is 27.9 Å². The molecular formula is C27H25Cl2N5O3S. The van der Waals surface area contributed by atoms with Crippen LogP contribution in [0.1, 0.15) is 19.4 Å². The largest absolute Gasteiger partial charge is 0.467 e. The minimum absolute atomic E-state index is 0.267. The highest BCUT2D eigenvalue weighted by Crippen LogP contribution is 2.39. The van der Waals surface area contributed by atoms with E-state index in [1.54, 1.807) is 31.2 Å². The summed E-state index contributed by atoms with van der Waals surface area (Å²) >= 11 is 13.7. The summed E-state index contributed by atoms with van der Waals surface area (Å²) in [4.78, 5) is 30.8. The Morgan fingerprint density at radius 1 is 1.11 bits per heavy atom. The summed E-state index contributed by atoms with van der Waals surface area (Å²) in [6, 6.07) is 18.2. The Labute approximate surface area is 234 Å². The fourth-order valence-electron chi connectivity index (χ4n) is 3.88. The second-order valence-corrected chi connectivity index (χ2v) is 10.2. The fourth-order valence-corrected chi connectivity index (χ4v) is 5.20. The molecule has 0 spiro atoms. The van der Waals surface area contributed by atoms with Crippen LogP contribution in [0, 0.1) is 0 Å². The molecule has 0 aliphatic rings. The lowest BCUT2D eigenvalue weighted by Crippen LogP contribution is -2.41. The zero-order chi connectivity index (χ0) is 27.2. The average molecular weight is 571 g/mol. The van der Waals surface area contributed by atoms with Gasteiger partial charge in [-0.25, -0.2) is 9.78 Å². The molecule has 1 atom stereocenters. The minimum atomic E-state index is -0.555. The SMILES string of the molecule is COC(=O)C(C)N(CCc1ccccc1)c1ccc(N=Nc2nc3ccc(Cl)c(Cl)c3s2)c(NC(C)=O)c1. The summed E-state index contributed by atoms with van der Waals surface area (Å²) < 4.78 is 5.72. The monoisotopic (exact) mass is 569 g/mol. The van der Waals surface area contributed by atoms with E-state index in [-0.39, 0.29) is 11.9 Å². The Kier molecular flexibility index (Phi) is 8.93. The lowest BCUT2D eigenvalue weighted by atomic mass is 10.1. The van der Waals surface area contributed by atoms with Gasteiger partial charge in [0.15, 0.2) is 0 Å². The Bertz CT molecular complexity index is 1490. The van der Waals surface area contributed by atoms with Crippen molar-refractivity contribution in [1.29, 1.82) is 0 Å². The minimum Gasteiger partial charge on any atom is -0.467 e. The Balaban J connectivity index is 1.66. The molecule has 0 aliphatic carbocycles. The molecule has 4 rings (SSSR count). The van der Waals surface area contributed by atoms with Crippen LogP contribution >= 0.6 is 34.5 Å². The number of esters is 1. The number of carbonyl (C=O) groups excluding carboxylic acids is 2. The summed E-state index contributed by atoms with van der Waals surface area (Å²) in [5, 5.41) is 12.7. The molecule has 0 saturated heterocycles. The van der Waals surface area contributed by atoms with Crippen molar-refractivity contribution in [3.8, 4) is 0 Å². The van der Waals surface area contributed by atoms with E-state index in [0.717, 1.165) is 16.0 Å². The standard InChI is InChI=1S/C27H25Cl2N5O3S/c1-16(26(36)37-3)34(14-13-18-7-5-4-6-8-18)19-9-11-21(23(15-19)30-17(2)35)32-33-27-31-22-12-10-20(28)24(29)25(22)38-27/h4-12,15-16H,13-14H2,1-3H3,(H,30,35). The average Bonchev–Trinajstić information content (AvgIpc) is 3.34. The predicted octanol–water partition coefficient (Wildman–Crippen LogP) is 7.59. The molecule has 11 heteroatoms. The van der Waals surface area contributed by atoms with Crippen LogP contribution in [0.15, 0.2) is 70.9 Å². The molecule has 1 unspecified atom stereocenters. The first kappa shape index (κ1) is 27.5. The van der Waals surface area contributed by atoms with Crippen molar-refractivity contribution in [2.45, 2.75) is 26.3 Å². The van der Waals surface area contributed by atoms with Gasteiger partial charge < -0.3 is 15.0 Å². The smallest absolute Gasteiger partial charge is 0.328 e. The Morgan fingerprint density at radius 3 is 2.58 bits per heavy atom. The number of anilines is 2. The number of halogens is 2. The van der Waals surface area contributed by atoms with E-state index >= 15 is 0 Å². The zero-order valence-electron chi connectivity index (χ0n) is 20.9. The summed E-state index contributed by atoms with van der Waals surface area (Å²) in [5.41, 5.74) is 3.41. The van der Waals surface area contributed by atoms with Gasteiger partial charge in [-0.15, -0.1) is 10.2 Å². The van der Waals surface area contributed by atoms with Gasteiger partial charge in [0.25, 0.3) is 0 Å². The number of amides is 1. The number of azo groups is 1. The van der Waals surface area contributed by atoms with Crippen LogP contribution in [0.25, 0.3) is 10.2 Å². The Hall–Kier alpha value is -3.53. The van der Waals surface area contributed by atoms with Crippen molar-refractivity contribution in [2.24, 2.45) is 10.2 Å². The molecule has 0 bridgehead atoms. The van der Waals surface area contributed by atoms with E-state index in [9.17, 15) is 9.59 Å². The first-order valence-corrected chi connectivity index (χ1v) is 13.3. The predicted molar refractivity (Wildman–Crippen MR) is 154 cm³/mol. The summed E-state index contributed by atoms with van der Waals surface area (Å²) in [7, 11) is 1.36. The van der Waals surface area contributed by atoms with Crippen LogP contribution in [-0.4, -0.2) is 36.6 Å². The highest BCUT2D eigenvalue weighted by molar-refractivity contribution is 7.22. The maximum Gasteiger partial charge on any atom is 0.328 e. The molecule has 4 aromatic rings. The molecule has 0 aliphatic heterocycles. The quantitative estimate of drug-likeness (QED) is 0.165. The number of carbonyl (C=O) groups is 2. The number of rotatable bonds is 9. The third kappa shape index (κ3) is 6.48. The number of methoxy groups -OCH3 is 1. The summed E-state index contributed by atoms with van der Waals surface area (Å²) in [5.74, 6) is -0.630. The number of nitrogens with one attached hydrogen (secondary N) is 1. The molecule has 196 valence electrons. The van der Waals surface area contributed by atoms with Gasteiger partial charge >= 0.3 is 5.97 Å². The van der Waals surface area contributed by atoms with Gasteiger partial charge in [-0.1, -0.05) is 64.9 Å². The normalized spacial score (nSPS) is 12.0. The number of thiazole rings is 1. The third-order valence-corrected chi connectivity index (χ3v) is 7.69. The van der Waals surface area contributed by atoms with Gasteiger partial charge in [-0.05, 0) is 49.2 Å². The molecule has 0 saturated carbocycles. The molecule has 8 nitrogen and oxygen atoms in total. The molecule has 1 N–H and O–H groups in total. The second-order valence-electron chi connectivity index (χ2n) is 8.42. The molecule has 1 heterocycles. The zero-order valence-corrected chi connectivity index (χ0v) is 23.3. The van der Waals surface area contributed by atoms with Crippen LogP contribution in [0.2, 0.25) is 10.0 Å². The highest BCUT2D eigenvalue weighted by Gasteiger charge is 2.23. The number of fused-ring (bicyclic) bond motifs is 1. The number of benzene rings is 3. The molecule has 38 heavy (non-hydrogen) atoms. The fraction of sp³-hybridized carbons (Fsp3) is 0.222. The number of ether oxygens (including phenoxy) is 1.